The van der Waals surface area contributed by atoms with Gasteiger partial charge in [0.15, 0.2) is 0 Å². The zero-order chi connectivity index (χ0) is 13.7. The summed E-state index contributed by atoms with van der Waals surface area (Å²) in [5.74, 6) is 0. The molecule has 0 amide bonds. The van der Waals surface area contributed by atoms with Crippen LogP contribution in [0.15, 0.2) is 24.3 Å². The monoisotopic (exact) mass is 283 g/mol. The van der Waals surface area contributed by atoms with Gasteiger partial charge in [0.1, 0.15) is 0 Å². The number of aliphatic hydroxyl groups excluding tert-OH is 2. The van der Waals surface area contributed by atoms with Crippen molar-refractivity contribution in [1.82, 2.24) is 4.90 Å². The third-order valence-electron chi connectivity index (χ3n) is 3.87. The van der Waals surface area contributed by atoms with Crippen molar-refractivity contribution in [3.8, 4) is 0 Å². The highest BCUT2D eigenvalue weighted by Crippen LogP contribution is 2.24. The fourth-order valence-electron chi connectivity index (χ4n) is 2.79. The average Bonchev–Trinajstić information content (AvgIpc) is 2.42. The molecule has 106 valence electrons. The molecule has 0 radical (unpaired) electrons. The maximum absolute atomic E-state index is 10.3. The Kier molecular flexibility index (Phi) is 5.64. The molecule has 3 nitrogen and oxygen atoms in total. The van der Waals surface area contributed by atoms with Crippen LogP contribution in [0.3, 0.4) is 0 Å². The molecule has 2 atom stereocenters. The lowest BCUT2D eigenvalue weighted by Gasteiger charge is -2.36. The lowest BCUT2D eigenvalue weighted by atomic mass is 9.98. The number of β-amino-alcohol motifs (C(OH)–C–C–N with tert-alkyl or cyclic N) is 1. The van der Waals surface area contributed by atoms with Gasteiger partial charge in [-0.3, -0.25) is 4.90 Å². The zero-order valence-corrected chi connectivity index (χ0v) is 11.9. The van der Waals surface area contributed by atoms with Gasteiger partial charge in [-0.25, -0.2) is 0 Å². The zero-order valence-electron chi connectivity index (χ0n) is 11.1. The summed E-state index contributed by atoms with van der Waals surface area (Å²) in [6, 6.07) is 7.76. The second-order valence-electron chi connectivity index (χ2n) is 5.22. The Morgan fingerprint density at radius 1 is 1.26 bits per heavy atom. The Balaban J connectivity index is 1.96. The number of hydrogen-bond acceptors (Lipinski definition) is 3. The Bertz CT molecular complexity index is 380. The summed E-state index contributed by atoms with van der Waals surface area (Å²) in [4.78, 5) is 2.30. The summed E-state index contributed by atoms with van der Waals surface area (Å²) in [6.07, 6.45) is 3.82. The molecule has 2 rings (SSSR count). The Morgan fingerprint density at radius 3 is 2.68 bits per heavy atom. The van der Waals surface area contributed by atoms with E-state index in [1.165, 1.54) is 12.8 Å². The Hall–Kier alpha value is -0.610. The molecule has 0 spiro atoms. The van der Waals surface area contributed by atoms with Crippen molar-refractivity contribution in [1.29, 1.82) is 0 Å². The molecule has 1 heterocycles. The first-order valence-electron chi connectivity index (χ1n) is 6.99. The van der Waals surface area contributed by atoms with E-state index in [4.69, 9.17) is 16.7 Å². The number of benzene rings is 1. The second kappa shape index (κ2) is 7.25. The van der Waals surface area contributed by atoms with Crippen LogP contribution in [0.5, 0.6) is 0 Å². The van der Waals surface area contributed by atoms with Gasteiger partial charge in [0.05, 0.1) is 6.10 Å². The highest BCUT2D eigenvalue weighted by atomic mass is 35.5. The number of likely N-dealkylation sites (tertiary alicyclic amines) is 1. The predicted octanol–water partition coefficient (Wildman–Crippen LogP) is 2.61. The molecular weight excluding hydrogens is 262 g/mol. The van der Waals surface area contributed by atoms with E-state index in [0.717, 1.165) is 24.9 Å². The van der Waals surface area contributed by atoms with Crippen LogP contribution < -0.4 is 0 Å². The van der Waals surface area contributed by atoms with Gasteiger partial charge in [0.2, 0.25) is 0 Å². The number of nitrogens with zero attached hydrogens (tertiary/aromatic N) is 1. The van der Waals surface area contributed by atoms with Crippen LogP contribution in [-0.2, 0) is 0 Å². The Labute approximate surface area is 119 Å². The van der Waals surface area contributed by atoms with Crippen molar-refractivity contribution in [2.24, 2.45) is 0 Å². The van der Waals surface area contributed by atoms with Gasteiger partial charge in [-0.1, -0.05) is 30.2 Å². The summed E-state index contributed by atoms with van der Waals surface area (Å²) >= 11 is 5.85. The number of hydrogen-bond donors (Lipinski definition) is 2. The van der Waals surface area contributed by atoms with Gasteiger partial charge in [-0.2, -0.15) is 0 Å². The van der Waals surface area contributed by atoms with Gasteiger partial charge in [-0.15, -0.1) is 0 Å². The largest absolute Gasteiger partial charge is 0.396 e. The molecule has 1 fully saturated rings. The third-order valence-corrected chi connectivity index (χ3v) is 4.13. The minimum atomic E-state index is -0.489. The molecule has 2 N–H and O–H groups in total. The highest BCUT2D eigenvalue weighted by Gasteiger charge is 2.24. The van der Waals surface area contributed by atoms with E-state index >= 15 is 0 Å². The SMILES string of the molecule is OCCC1CCCCN1CC(O)c1ccc(Cl)cc1. The van der Waals surface area contributed by atoms with E-state index in [2.05, 4.69) is 4.90 Å². The van der Waals surface area contributed by atoms with Gasteiger partial charge >= 0.3 is 0 Å². The van der Waals surface area contributed by atoms with Crippen LogP contribution in [-0.4, -0.2) is 40.9 Å². The van der Waals surface area contributed by atoms with Crippen LogP contribution in [0, 0.1) is 0 Å². The van der Waals surface area contributed by atoms with Crippen LogP contribution >= 0.6 is 11.6 Å². The van der Waals surface area contributed by atoms with Crippen molar-refractivity contribution >= 4 is 11.6 Å². The molecule has 4 heteroatoms. The molecule has 1 aromatic rings. The van der Waals surface area contributed by atoms with Crippen molar-refractivity contribution < 1.29 is 10.2 Å². The third kappa shape index (κ3) is 4.18. The number of piperidine rings is 1. The first-order chi connectivity index (χ1) is 9.20. The van der Waals surface area contributed by atoms with Crippen LogP contribution in [0.2, 0.25) is 5.02 Å². The van der Waals surface area contributed by atoms with Crippen molar-refractivity contribution in [3.05, 3.63) is 34.9 Å². The maximum atomic E-state index is 10.3. The summed E-state index contributed by atoms with van der Waals surface area (Å²) in [6.45, 7) is 1.86. The van der Waals surface area contributed by atoms with Gasteiger partial charge in [0.25, 0.3) is 0 Å². The van der Waals surface area contributed by atoms with Crippen molar-refractivity contribution in [2.75, 3.05) is 19.7 Å². The highest BCUT2D eigenvalue weighted by molar-refractivity contribution is 6.30. The van der Waals surface area contributed by atoms with Crippen LogP contribution in [0.4, 0.5) is 0 Å². The number of halogens is 1. The molecule has 0 aliphatic carbocycles. The van der Waals surface area contributed by atoms with E-state index in [1.54, 1.807) is 0 Å². The smallest absolute Gasteiger partial charge is 0.0917 e. The van der Waals surface area contributed by atoms with Gasteiger partial charge in [0, 0.05) is 24.2 Å². The lowest BCUT2D eigenvalue weighted by Crippen LogP contribution is -2.42. The van der Waals surface area contributed by atoms with E-state index in [9.17, 15) is 5.11 Å². The minimum absolute atomic E-state index is 0.220. The Morgan fingerprint density at radius 2 is 2.00 bits per heavy atom. The van der Waals surface area contributed by atoms with Gasteiger partial charge < -0.3 is 10.2 Å². The first kappa shape index (κ1) is 14.8. The first-order valence-corrected chi connectivity index (χ1v) is 7.37. The van der Waals surface area contributed by atoms with E-state index in [0.29, 0.717) is 17.6 Å². The topological polar surface area (TPSA) is 43.7 Å². The quantitative estimate of drug-likeness (QED) is 0.873. The maximum Gasteiger partial charge on any atom is 0.0917 e. The minimum Gasteiger partial charge on any atom is -0.396 e. The molecule has 0 saturated carbocycles. The predicted molar refractivity (Wildman–Crippen MR) is 77.3 cm³/mol. The van der Waals surface area contributed by atoms with Crippen LogP contribution in [0.25, 0.3) is 0 Å². The van der Waals surface area contributed by atoms with E-state index in [-0.39, 0.29) is 6.61 Å². The summed E-state index contributed by atoms with van der Waals surface area (Å²) in [5.41, 5.74) is 0.901. The van der Waals surface area contributed by atoms with Gasteiger partial charge in [-0.05, 0) is 43.5 Å². The molecule has 1 aromatic carbocycles. The molecule has 2 unspecified atom stereocenters. The van der Waals surface area contributed by atoms with E-state index in [1.807, 2.05) is 24.3 Å². The lowest BCUT2D eigenvalue weighted by molar-refractivity contribution is 0.0565. The standard InChI is InChI=1S/C15H22ClNO2/c16-13-6-4-12(5-7-13)15(19)11-17-9-2-1-3-14(17)8-10-18/h4-7,14-15,18-19H,1-3,8-11H2. The normalized spacial score (nSPS) is 22.4. The fourth-order valence-corrected chi connectivity index (χ4v) is 2.91. The van der Waals surface area contributed by atoms with Crippen molar-refractivity contribution in [2.45, 2.75) is 37.8 Å². The molecule has 1 saturated heterocycles. The van der Waals surface area contributed by atoms with E-state index < -0.39 is 6.10 Å². The summed E-state index contributed by atoms with van der Waals surface area (Å²) in [7, 11) is 0. The number of aliphatic hydroxyl groups is 2. The molecule has 0 aromatic heterocycles. The van der Waals surface area contributed by atoms with Crippen molar-refractivity contribution in [3.63, 3.8) is 0 Å². The molecule has 19 heavy (non-hydrogen) atoms. The summed E-state index contributed by atoms with van der Waals surface area (Å²) < 4.78 is 0. The second-order valence-corrected chi connectivity index (χ2v) is 5.66. The van der Waals surface area contributed by atoms with Crippen LogP contribution in [0.1, 0.15) is 37.4 Å². The molecule has 1 aliphatic heterocycles. The summed E-state index contributed by atoms with van der Waals surface area (Å²) in [5, 5.41) is 20.1. The average molecular weight is 284 g/mol. The molecule has 1 aliphatic rings. The molecular formula is C15H22ClNO2. The number of rotatable bonds is 5. The fraction of sp³-hybridized carbons (Fsp3) is 0.600. The molecule has 0 bridgehead atoms.